The second kappa shape index (κ2) is 6.71. The molecule has 0 aliphatic heterocycles. The summed E-state index contributed by atoms with van der Waals surface area (Å²) >= 11 is 0. The van der Waals surface area contributed by atoms with Crippen LogP contribution in [0, 0.1) is 0 Å². The zero-order chi connectivity index (χ0) is 11.9. The van der Waals surface area contributed by atoms with Crippen LogP contribution in [0.5, 0.6) is 0 Å². The highest BCUT2D eigenvalue weighted by atomic mass is 14.9. The number of hydrogen-bond acceptors (Lipinski definition) is 1. The summed E-state index contributed by atoms with van der Waals surface area (Å²) in [7, 11) is 0. The summed E-state index contributed by atoms with van der Waals surface area (Å²) in [6.45, 7) is 13.2. The van der Waals surface area contributed by atoms with E-state index in [0.717, 1.165) is 0 Å². The van der Waals surface area contributed by atoms with Gasteiger partial charge in [0.1, 0.15) is 0 Å². The first-order chi connectivity index (χ1) is 6.87. The standard InChI is InChI=1S/C14H27N/c1-7-8-9-12(2)13(3)10-11-15-14(4,5)6/h10-11,15H,7-9H2,1-6H3/b11-10-,13-12+. The molecule has 0 spiro atoms. The molecular formula is C14H27N. The molecule has 0 rings (SSSR count). The Labute approximate surface area is 95.7 Å². The molecule has 0 unspecified atom stereocenters. The third kappa shape index (κ3) is 8.29. The predicted molar refractivity (Wildman–Crippen MR) is 69.9 cm³/mol. The molecule has 0 aliphatic carbocycles. The molecule has 1 N–H and O–H groups in total. The van der Waals surface area contributed by atoms with Gasteiger partial charge in [0.05, 0.1) is 0 Å². The lowest BCUT2D eigenvalue weighted by atomic mass is 10.0. The highest BCUT2D eigenvalue weighted by Gasteiger charge is 2.04. The van der Waals surface area contributed by atoms with Crippen molar-refractivity contribution in [1.29, 1.82) is 0 Å². The van der Waals surface area contributed by atoms with Gasteiger partial charge < -0.3 is 5.32 Å². The van der Waals surface area contributed by atoms with Crippen LogP contribution in [-0.2, 0) is 0 Å². The minimum absolute atomic E-state index is 0.161. The van der Waals surface area contributed by atoms with E-state index < -0.39 is 0 Å². The molecule has 0 saturated carbocycles. The monoisotopic (exact) mass is 209 g/mol. The maximum Gasteiger partial charge on any atom is 0.0283 e. The van der Waals surface area contributed by atoms with E-state index in [1.165, 1.54) is 30.4 Å². The molecule has 0 aromatic heterocycles. The zero-order valence-electron chi connectivity index (χ0n) is 11.3. The van der Waals surface area contributed by atoms with E-state index in [2.05, 4.69) is 59.1 Å². The molecule has 15 heavy (non-hydrogen) atoms. The largest absolute Gasteiger partial charge is 0.386 e. The minimum Gasteiger partial charge on any atom is -0.386 e. The predicted octanol–water partition coefficient (Wildman–Crippen LogP) is 4.41. The molecule has 0 amide bonds. The second-order valence-corrected chi connectivity index (χ2v) is 5.29. The van der Waals surface area contributed by atoms with Crippen LogP contribution in [0.3, 0.4) is 0 Å². The number of unbranched alkanes of at least 4 members (excludes halogenated alkanes) is 1. The fourth-order valence-corrected chi connectivity index (χ4v) is 1.20. The van der Waals surface area contributed by atoms with Crippen LogP contribution in [0.4, 0.5) is 0 Å². The van der Waals surface area contributed by atoms with Gasteiger partial charge >= 0.3 is 0 Å². The van der Waals surface area contributed by atoms with Crippen molar-refractivity contribution in [2.75, 3.05) is 0 Å². The Morgan fingerprint density at radius 2 is 1.80 bits per heavy atom. The van der Waals surface area contributed by atoms with E-state index in [1.54, 1.807) is 0 Å². The lowest BCUT2D eigenvalue weighted by Gasteiger charge is -2.18. The van der Waals surface area contributed by atoms with Crippen LogP contribution in [-0.4, -0.2) is 5.54 Å². The molecule has 1 nitrogen and oxygen atoms in total. The first-order valence-electron chi connectivity index (χ1n) is 5.97. The molecule has 0 aromatic carbocycles. The van der Waals surface area contributed by atoms with Crippen LogP contribution < -0.4 is 5.32 Å². The third-order valence-corrected chi connectivity index (χ3v) is 2.43. The van der Waals surface area contributed by atoms with E-state index in [4.69, 9.17) is 0 Å². The SMILES string of the molecule is CCCC/C(C)=C(C)/C=C\NC(C)(C)C. The van der Waals surface area contributed by atoms with Gasteiger partial charge in [0.25, 0.3) is 0 Å². The summed E-state index contributed by atoms with van der Waals surface area (Å²) in [5.74, 6) is 0. The molecular weight excluding hydrogens is 182 g/mol. The van der Waals surface area contributed by atoms with Gasteiger partial charge in [-0.15, -0.1) is 0 Å². The lowest BCUT2D eigenvalue weighted by Crippen LogP contribution is -2.30. The molecule has 0 aromatic rings. The van der Waals surface area contributed by atoms with Crippen LogP contribution in [0.2, 0.25) is 0 Å². The van der Waals surface area contributed by atoms with Crippen LogP contribution in [0.25, 0.3) is 0 Å². The first-order valence-corrected chi connectivity index (χ1v) is 5.97. The van der Waals surface area contributed by atoms with Crippen LogP contribution in [0.1, 0.15) is 60.8 Å². The van der Waals surface area contributed by atoms with Gasteiger partial charge in [0.15, 0.2) is 0 Å². The molecule has 0 atom stereocenters. The van der Waals surface area contributed by atoms with Crippen molar-refractivity contribution in [2.45, 2.75) is 66.3 Å². The fourth-order valence-electron chi connectivity index (χ4n) is 1.20. The van der Waals surface area contributed by atoms with E-state index in [0.29, 0.717) is 0 Å². The van der Waals surface area contributed by atoms with Crippen molar-refractivity contribution in [3.05, 3.63) is 23.4 Å². The Bertz CT molecular complexity index is 228. The van der Waals surface area contributed by atoms with Crippen LogP contribution >= 0.6 is 0 Å². The number of allylic oxidation sites excluding steroid dienone is 3. The average Bonchev–Trinajstić information content (AvgIpc) is 2.11. The second-order valence-electron chi connectivity index (χ2n) is 5.29. The molecule has 0 radical (unpaired) electrons. The van der Waals surface area contributed by atoms with Crippen molar-refractivity contribution in [3.63, 3.8) is 0 Å². The summed E-state index contributed by atoms with van der Waals surface area (Å²) in [6, 6.07) is 0. The van der Waals surface area contributed by atoms with E-state index >= 15 is 0 Å². The molecule has 1 heteroatoms. The van der Waals surface area contributed by atoms with Crippen molar-refractivity contribution in [1.82, 2.24) is 5.32 Å². The van der Waals surface area contributed by atoms with Crippen molar-refractivity contribution >= 4 is 0 Å². The quantitative estimate of drug-likeness (QED) is 0.661. The van der Waals surface area contributed by atoms with E-state index in [1.807, 2.05) is 0 Å². The van der Waals surface area contributed by atoms with Gasteiger partial charge in [-0.25, -0.2) is 0 Å². The molecule has 0 fully saturated rings. The van der Waals surface area contributed by atoms with Crippen molar-refractivity contribution in [2.24, 2.45) is 0 Å². The molecule has 88 valence electrons. The highest BCUT2D eigenvalue weighted by Crippen LogP contribution is 2.12. The summed E-state index contributed by atoms with van der Waals surface area (Å²) in [5, 5.41) is 3.35. The Morgan fingerprint density at radius 3 is 2.27 bits per heavy atom. The summed E-state index contributed by atoms with van der Waals surface area (Å²) in [6.07, 6.45) is 8.03. The minimum atomic E-state index is 0.161. The zero-order valence-corrected chi connectivity index (χ0v) is 11.3. The molecule has 0 heterocycles. The summed E-state index contributed by atoms with van der Waals surface area (Å²) < 4.78 is 0. The van der Waals surface area contributed by atoms with Gasteiger partial charge in [-0.2, -0.15) is 0 Å². The fraction of sp³-hybridized carbons (Fsp3) is 0.714. The van der Waals surface area contributed by atoms with E-state index in [9.17, 15) is 0 Å². The Kier molecular flexibility index (Phi) is 6.38. The normalized spacial score (nSPS) is 14.3. The van der Waals surface area contributed by atoms with Gasteiger partial charge in [-0.3, -0.25) is 0 Å². The number of hydrogen-bond donors (Lipinski definition) is 1. The summed E-state index contributed by atoms with van der Waals surface area (Å²) in [5.41, 5.74) is 3.05. The van der Waals surface area contributed by atoms with Gasteiger partial charge in [-0.1, -0.05) is 24.5 Å². The average molecular weight is 209 g/mol. The molecule has 0 aliphatic rings. The number of rotatable bonds is 5. The smallest absolute Gasteiger partial charge is 0.0283 e. The topological polar surface area (TPSA) is 12.0 Å². The van der Waals surface area contributed by atoms with Gasteiger partial charge in [0.2, 0.25) is 0 Å². The molecule has 0 bridgehead atoms. The van der Waals surface area contributed by atoms with Crippen molar-refractivity contribution in [3.8, 4) is 0 Å². The van der Waals surface area contributed by atoms with Crippen molar-refractivity contribution < 1.29 is 0 Å². The Morgan fingerprint density at radius 1 is 1.20 bits per heavy atom. The maximum atomic E-state index is 3.35. The molecule has 0 saturated heterocycles. The lowest BCUT2D eigenvalue weighted by molar-refractivity contribution is 0.491. The van der Waals surface area contributed by atoms with Gasteiger partial charge in [0, 0.05) is 5.54 Å². The highest BCUT2D eigenvalue weighted by molar-refractivity contribution is 5.22. The first kappa shape index (κ1) is 14.3. The van der Waals surface area contributed by atoms with Gasteiger partial charge in [-0.05, 0) is 59.7 Å². The number of nitrogens with one attached hydrogen (secondary N) is 1. The maximum absolute atomic E-state index is 3.35. The Balaban J connectivity index is 4.15. The van der Waals surface area contributed by atoms with Crippen LogP contribution in [0.15, 0.2) is 23.4 Å². The van der Waals surface area contributed by atoms with E-state index in [-0.39, 0.29) is 5.54 Å². The summed E-state index contributed by atoms with van der Waals surface area (Å²) in [4.78, 5) is 0. The Hall–Kier alpha value is -0.720. The third-order valence-electron chi connectivity index (χ3n) is 2.43.